The van der Waals surface area contributed by atoms with Gasteiger partial charge in [0.1, 0.15) is 0 Å². The van der Waals surface area contributed by atoms with Gasteiger partial charge in [0, 0.05) is 18.0 Å². The van der Waals surface area contributed by atoms with Gasteiger partial charge in [-0.1, -0.05) is 34.6 Å². The van der Waals surface area contributed by atoms with E-state index >= 15 is 0 Å². The number of thiazole rings is 1. The number of aryl methyl sites for hydroxylation is 1. The van der Waals surface area contributed by atoms with Crippen molar-refractivity contribution in [3.63, 3.8) is 0 Å². The Morgan fingerprint density at radius 2 is 2.06 bits per heavy atom. The van der Waals surface area contributed by atoms with Crippen molar-refractivity contribution in [3.05, 3.63) is 16.1 Å². The molecule has 0 fully saturated rings. The summed E-state index contributed by atoms with van der Waals surface area (Å²) in [5, 5.41) is 7.01. The molecular formula is C13H24N2S. The summed E-state index contributed by atoms with van der Waals surface area (Å²) in [6, 6.07) is 0.555. The van der Waals surface area contributed by atoms with Gasteiger partial charge in [0.2, 0.25) is 0 Å². The van der Waals surface area contributed by atoms with Gasteiger partial charge in [-0.15, -0.1) is 11.3 Å². The van der Waals surface area contributed by atoms with Crippen LogP contribution in [0.1, 0.15) is 51.7 Å². The van der Waals surface area contributed by atoms with E-state index < -0.39 is 0 Å². The van der Waals surface area contributed by atoms with Crippen molar-refractivity contribution in [2.24, 2.45) is 5.41 Å². The molecule has 0 amide bonds. The fourth-order valence-electron chi connectivity index (χ4n) is 1.88. The molecule has 0 radical (unpaired) electrons. The maximum absolute atomic E-state index is 4.57. The molecule has 1 aromatic rings. The van der Waals surface area contributed by atoms with Crippen LogP contribution in [0.4, 0.5) is 0 Å². The third-order valence-electron chi connectivity index (χ3n) is 2.88. The van der Waals surface area contributed by atoms with Gasteiger partial charge in [0.15, 0.2) is 0 Å². The van der Waals surface area contributed by atoms with Crippen molar-refractivity contribution in [1.82, 2.24) is 10.3 Å². The molecule has 0 aliphatic rings. The molecule has 2 nitrogen and oxygen atoms in total. The minimum absolute atomic E-state index is 0.318. The Bertz CT molecular complexity index is 312. The zero-order valence-corrected chi connectivity index (χ0v) is 11.9. The number of hydrogen-bond acceptors (Lipinski definition) is 3. The van der Waals surface area contributed by atoms with Gasteiger partial charge in [-0.3, -0.25) is 0 Å². The molecule has 3 heteroatoms. The monoisotopic (exact) mass is 240 g/mol. The van der Waals surface area contributed by atoms with Gasteiger partial charge in [0.25, 0.3) is 0 Å². The Morgan fingerprint density at radius 1 is 1.38 bits per heavy atom. The normalized spacial score (nSPS) is 14.1. The Hall–Kier alpha value is -0.410. The Morgan fingerprint density at radius 3 is 2.50 bits per heavy atom. The summed E-state index contributed by atoms with van der Waals surface area (Å²) < 4.78 is 0. The smallest absolute Gasteiger partial charge is 0.0926 e. The summed E-state index contributed by atoms with van der Waals surface area (Å²) in [7, 11) is 0. The highest BCUT2D eigenvalue weighted by atomic mass is 32.1. The third kappa shape index (κ3) is 3.87. The molecule has 1 heterocycles. The second-order valence-corrected chi connectivity index (χ2v) is 6.24. The van der Waals surface area contributed by atoms with Crippen LogP contribution < -0.4 is 5.32 Å². The van der Waals surface area contributed by atoms with Crippen molar-refractivity contribution in [1.29, 1.82) is 0 Å². The number of nitrogens with zero attached hydrogens (tertiary/aromatic N) is 1. The maximum atomic E-state index is 4.57. The van der Waals surface area contributed by atoms with Crippen LogP contribution in [0.15, 0.2) is 5.38 Å². The number of nitrogens with one attached hydrogen (secondary N) is 1. The zero-order chi connectivity index (χ0) is 12.2. The van der Waals surface area contributed by atoms with Crippen molar-refractivity contribution in [2.75, 3.05) is 0 Å². The Kier molecular flexibility index (Phi) is 4.93. The average molecular weight is 240 g/mol. The molecule has 92 valence electrons. The number of aromatic nitrogens is 1. The van der Waals surface area contributed by atoms with Crippen molar-refractivity contribution >= 4 is 11.3 Å². The third-order valence-corrected chi connectivity index (χ3v) is 3.93. The second kappa shape index (κ2) is 5.78. The summed E-state index contributed by atoms with van der Waals surface area (Å²) in [5.74, 6) is 0. The van der Waals surface area contributed by atoms with Crippen LogP contribution in [0.3, 0.4) is 0 Å². The predicted molar refractivity (Wildman–Crippen MR) is 71.9 cm³/mol. The molecule has 1 aromatic heterocycles. The first-order chi connectivity index (χ1) is 7.47. The first-order valence-electron chi connectivity index (χ1n) is 6.14. The number of rotatable bonds is 5. The van der Waals surface area contributed by atoms with E-state index in [9.17, 15) is 0 Å². The lowest BCUT2D eigenvalue weighted by Crippen LogP contribution is -2.39. The summed E-state index contributed by atoms with van der Waals surface area (Å²) in [5.41, 5.74) is 1.50. The Balaban J connectivity index is 2.49. The van der Waals surface area contributed by atoms with Crippen molar-refractivity contribution < 1.29 is 0 Å². The lowest BCUT2D eigenvalue weighted by atomic mass is 9.85. The van der Waals surface area contributed by atoms with Gasteiger partial charge in [-0.2, -0.15) is 0 Å². The Labute approximate surface area is 103 Å². The van der Waals surface area contributed by atoms with E-state index in [0.29, 0.717) is 11.5 Å². The molecule has 1 atom stereocenters. The molecule has 1 unspecified atom stereocenters. The molecule has 1 rings (SSSR count). The quantitative estimate of drug-likeness (QED) is 0.850. The minimum atomic E-state index is 0.318. The molecule has 0 saturated heterocycles. The van der Waals surface area contributed by atoms with E-state index in [-0.39, 0.29) is 0 Å². The molecule has 0 aromatic carbocycles. The van der Waals surface area contributed by atoms with E-state index in [1.54, 1.807) is 11.3 Å². The van der Waals surface area contributed by atoms with Crippen LogP contribution in [-0.2, 0) is 13.0 Å². The van der Waals surface area contributed by atoms with Gasteiger partial charge in [0.05, 0.1) is 10.7 Å². The van der Waals surface area contributed by atoms with Gasteiger partial charge in [-0.25, -0.2) is 4.98 Å². The van der Waals surface area contributed by atoms with E-state index in [4.69, 9.17) is 0 Å². The maximum Gasteiger partial charge on any atom is 0.0926 e. The van der Waals surface area contributed by atoms with Gasteiger partial charge in [-0.05, 0) is 18.3 Å². The molecule has 0 aliphatic carbocycles. The standard InChI is InChI=1S/C13H24N2S/c1-6-11(13(3,4)5)14-8-10-9-16-12(7-2)15-10/h9,11,14H,6-8H2,1-5H3. The van der Waals surface area contributed by atoms with Gasteiger partial charge >= 0.3 is 0 Å². The highest BCUT2D eigenvalue weighted by Crippen LogP contribution is 2.22. The fourth-order valence-corrected chi connectivity index (χ4v) is 2.63. The van der Waals surface area contributed by atoms with E-state index in [1.165, 1.54) is 10.7 Å². The van der Waals surface area contributed by atoms with E-state index in [1.807, 2.05) is 0 Å². The van der Waals surface area contributed by atoms with E-state index in [0.717, 1.165) is 19.4 Å². The molecule has 0 saturated carbocycles. The molecule has 0 spiro atoms. The molecular weight excluding hydrogens is 216 g/mol. The average Bonchev–Trinajstić information content (AvgIpc) is 2.64. The highest BCUT2D eigenvalue weighted by molar-refractivity contribution is 7.09. The second-order valence-electron chi connectivity index (χ2n) is 5.29. The number of hydrogen-bond donors (Lipinski definition) is 1. The van der Waals surface area contributed by atoms with Gasteiger partial charge < -0.3 is 5.32 Å². The van der Waals surface area contributed by atoms with Crippen LogP contribution in [-0.4, -0.2) is 11.0 Å². The summed E-state index contributed by atoms with van der Waals surface area (Å²) in [6.07, 6.45) is 2.20. The fraction of sp³-hybridized carbons (Fsp3) is 0.769. The lowest BCUT2D eigenvalue weighted by molar-refractivity contribution is 0.259. The predicted octanol–water partition coefficient (Wildman–Crippen LogP) is 3.62. The van der Waals surface area contributed by atoms with Crippen molar-refractivity contribution in [2.45, 2.75) is 60.0 Å². The molecule has 0 aliphatic heterocycles. The van der Waals surface area contributed by atoms with Crippen LogP contribution in [0.5, 0.6) is 0 Å². The van der Waals surface area contributed by atoms with Crippen LogP contribution in [0, 0.1) is 5.41 Å². The summed E-state index contributed by atoms with van der Waals surface area (Å²) >= 11 is 1.77. The first kappa shape index (κ1) is 13.7. The topological polar surface area (TPSA) is 24.9 Å². The molecule has 0 bridgehead atoms. The van der Waals surface area contributed by atoms with Crippen molar-refractivity contribution in [3.8, 4) is 0 Å². The van der Waals surface area contributed by atoms with Crippen LogP contribution >= 0.6 is 11.3 Å². The summed E-state index contributed by atoms with van der Waals surface area (Å²) in [4.78, 5) is 4.57. The summed E-state index contributed by atoms with van der Waals surface area (Å²) in [6.45, 7) is 12.1. The largest absolute Gasteiger partial charge is 0.308 e. The van der Waals surface area contributed by atoms with Crippen LogP contribution in [0.25, 0.3) is 0 Å². The van der Waals surface area contributed by atoms with E-state index in [2.05, 4.69) is 50.3 Å². The highest BCUT2D eigenvalue weighted by Gasteiger charge is 2.22. The minimum Gasteiger partial charge on any atom is -0.308 e. The van der Waals surface area contributed by atoms with Crippen LogP contribution in [0.2, 0.25) is 0 Å². The molecule has 16 heavy (non-hydrogen) atoms. The molecule has 1 N–H and O–H groups in total. The lowest BCUT2D eigenvalue weighted by Gasteiger charge is -2.30. The zero-order valence-electron chi connectivity index (χ0n) is 11.1. The SMILES string of the molecule is CCc1nc(CNC(CC)C(C)(C)C)cs1. The first-order valence-corrected chi connectivity index (χ1v) is 7.02.